The van der Waals surface area contributed by atoms with E-state index in [-0.39, 0.29) is 17.1 Å². The SMILES string of the molecule is O=C(O)NC1CC2(C1)CC(c1n[nH]c(=O)n3cccc13)C2. The number of rotatable bonds is 2. The second-order valence-electron chi connectivity index (χ2n) is 6.34. The van der Waals surface area contributed by atoms with Gasteiger partial charge >= 0.3 is 11.8 Å². The minimum atomic E-state index is -0.942. The van der Waals surface area contributed by atoms with Gasteiger partial charge in [-0.25, -0.2) is 14.7 Å². The zero-order valence-electron chi connectivity index (χ0n) is 11.4. The molecule has 2 aliphatic rings. The number of nitrogens with one attached hydrogen (secondary N) is 2. The van der Waals surface area contributed by atoms with E-state index in [2.05, 4.69) is 15.5 Å². The molecular weight excluding hydrogens is 272 g/mol. The van der Waals surface area contributed by atoms with Crippen LogP contribution in [0.15, 0.2) is 23.1 Å². The highest BCUT2D eigenvalue weighted by atomic mass is 16.4. The Balaban J connectivity index is 1.49. The van der Waals surface area contributed by atoms with Crippen LogP contribution in [0, 0.1) is 5.41 Å². The Morgan fingerprint density at radius 1 is 1.43 bits per heavy atom. The molecule has 0 saturated heterocycles. The summed E-state index contributed by atoms with van der Waals surface area (Å²) in [6.07, 6.45) is 4.66. The number of aromatic amines is 1. The Bertz CT molecular complexity index is 764. The molecule has 4 rings (SSSR count). The van der Waals surface area contributed by atoms with Crippen LogP contribution in [0.1, 0.15) is 37.3 Å². The summed E-state index contributed by atoms with van der Waals surface area (Å²) in [7, 11) is 0. The third-order valence-electron chi connectivity index (χ3n) is 4.93. The molecule has 0 radical (unpaired) electrons. The number of hydrogen-bond donors (Lipinski definition) is 3. The van der Waals surface area contributed by atoms with Crippen molar-refractivity contribution in [2.75, 3.05) is 0 Å². The van der Waals surface area contributed by atoms with E-state index in [1.54, 1.807) is 10.6 Å². The Morgan fingerprint density at radius 3 is 2.90 bits per heavy atom. The molecule has 21 heavy (non-hydrogen) atoms. The van der Waals surface area contributed by atoms with Crippen molar-refractivity contribution in [3.05, 3.63) is 34.5 Å². The lowest BCUT2D eigenvalue weighted by atomic mass is 9.49. The molecule has 2 heterocycles. The van der Waals surface area contributed by atoms with E-state index in [1.165, 1.54) is 0 Å². The topological polar surface area (TPSA) is 99.5 Å². The van der Waals surface area contributed by atoms with Crippen LogP contribution in [0.2, 0.25) is 0 Å². The van der Waals surface area contributed by atoms with Crippen molar-refractivity contribution < 1.29 is 9.90 Å². The first-order valence-electron chi connectivity index (χ1n) is 7.11. The molecule has 0 atom stereocenters. The average Bonchev–Trinajstić information content (AvgIpc) is 2.81. The highest BCUT2D eigenvalue weighted by Gasteiger charge is 2.54. The first-order valence-corrected chi connectivity index (χ1v) is 7.11. The molecule has 2 saturated carbocycles. The standard InChI is InChI=1S/C14H16N4O3/c19-12-17-16-11(10-2-1-3-18(10)12)8-4-14(5-8)6-9(7-14)15-13(20)21/h1-3,8-9,15H,4-7H2,(H,17,19)(H,20,21). The molecule has 7 heteroatoms. The molecular formula is C14H16N4O3. The number of aromatic nitrogens is 3. The maximum absolute atomic E-state index is 11.6. The second kappa shape index (κ2) is 4.09. The third kappa shape index (κ3) is 1.84. The van der Waals surface area contributed by atoms with Gasteiger partial charge in [0.15, 0.2) is 0 Å². The fourth-order valence-corrected chi connectivity index (χ4v) is 4.06. The summed E-state index contributed by atoms with van der Waals surface area (Å²) < 4.78 is 1.59. The van der Waals surface area contributed by atoms with Crippen molar-refractivity contribution in [3.8, 4) is 0 Å². The van der Waals surface area contributed by atoms with Gasteiger partial charge in [0.05, 0.1) is 11.2 Å². The van der Waals surface area contributed by atoms with Crippen LogP contribution >= 0.6 is 0 Å². The van der Waals surface area contributed by atoms with Gasteiger partial charge in [-0.15, -0.1) is 0 Å². The summed E-state index contributed by atoms with van der Waals surface area (Å²) in [5.41, 5.74) is 1.87. The molecule has 2 aromatic heterocycles. The van der Waals surface area contributed by atoms with E-state index in [0.29, 0.717) is 5.92 Å². The lowest BCUT2D eigenvalue weighted by Crippen LogP contribution is -2.55. The Hall–Kier alpha value is -2.31. The van der Waals surface area contributed by atoms with Crippen LogP contribution in [-0.4, -0.2) is 31.8 Å². The van der Waals surface area contributed by atoms with Gasteiger partial charge in [-0.1, -0.05) is 0 Å². The van der Waals surface area contributed by atoms with E-state index in [4.69, 9.17) is 5.11 Å². The van der Waals surface area contributed by atoms with Crippen molar-refractivity contribution in [1.29, 1.82) is 0 Å². The molecule has 1 amide bonds. The Labute approximate surface area is 120 Å². The molecule has 0 aliphatic heterocycles. The van der Waals surface area contributed by atoms with E-state index in [9.17, 15) is 9.59 Å². The van der Waals surface area contributed by atoms with Gasteiger partial charge in [-0.05, 0) is 43.2 Å². The number of carbonyl (C=O) groups is 1. The first-order chi connectivity index (χ1) is 10.1. The third-order valence-corrected chi connectivity index (χ3v) is 4.93. The van der Waals surface area contributed by atoms with E-state index >= 15 is 0 Å². The second-order valence-corrected chi connectivity index (χ2v) is 6.34. The quantitative estimate of drug-likeness (QED) is 0.776. The van der Waals surface area contributed by atoms with Crippen molar-refractivity contribution in [1.82, 2.24) is 19.9 Å². The highest BCUT2D eigenvalue weighted by Crippen LogP contribution is 2.61. The van der Waals surface area contributed by atoms with Crippen LogP contribution in [0.3, 0.4) is 0 Å². The fourth-order valence-electron chi connectivity index (χ4n) is 4.06. The summed E-state index contributed by atoms with van der Waals surface area (Å²) in [4.78, 5) is 22.2. The van der Waals surface area contributed by atoms with Crippen molar-refractivity contribution in [2.45, 2.75) is 37.6 Å². The molecule has 2 aliphatic carbocycles. The van der Waals surface area contributed by atoms with Gasteiger partial charge in [-0.3, -0.25) is 4.40 Å². The zero-order chi connectivity index (χ0) is 14.6. The maximum atomic E-state index is 11.6. The minimum Gasteiger partial charge on any atom is -0.465 e. The van der Waals surface area contributed by atoms with Crippen molar-refractivity contribution >= 4 is 11.6 Å². The molecule has 110 valence electrons. The van der Waals surface area contributed by atoms with Crippen LogP contribution in [0.4, 0.5) is 4.79 Å². The van der Waals surface area contributed by atoms with Crippen LogP contribution in [0.5, 0.6) is 0 Å². The van der Waals surface area contributed by atoms with E-state index < -0.39 is 6.09 Å². The van der Waals surface area contributed by atoms with E-state index in [1.807, 2.05) is 12.1 Å². The predicted octanol–water partition coefficient (Wildman–Crippen LogP) is 1.32. The molecule has 3 N–H and O–H groups in total. The van der Waals surface area contributed by atoms with Gasteiger partial charge in [-0.2, -0.15) is 5.10 Å². The molecule has 1 spiro atoms. The lowest BCUT2D eigenvalue weighted by Gasteiger charge is -2.57. The zero-order valence-corrected chi connectivity index (χ0v) is 11.4. The molecule has 0 unspecified atom stereocenters. The summed E-state index contributed by atoms with van der Waals surface area (Å²) in [6, 6.07) is 3.86. The smallest absolute Gasteiger partial charge is 0.404 e. The van der Waals surface area contributed by atoms with Crippen LogP contribution in [-0.2, 0) is 0 Å². The van der Waals surface area contributed by atoms with Gasteiger partial charge in [0.25, 0.3) is 0 Å². The summed E-state index contributed by atoms with van der Waals surface area (Å²) in [5.74, 6) is 0.352. The number of H-pyrrole nitrogens is 1. The van der Waals surface area contributed by atoms with Crippen LogP contribution < -0.4 is 11.0 Å². The first kappa shape index (κ1) is 12.4. The highest BCUT2D eigenvalue weighted by molar-refractivity contribution is 5.65. The summed E-state index contributed by atoms with van der Waals surface area (Å²) >= 11 is 0. The predicted molar refractivity (Wildman–Crippen MR) is 74.4 cm³/mol. The molecule has 2 fully saturated rings. The molecule has 0 aromatic carbocycles. The number of hydrogen-bond acceptors (Lipinski definition) is 3. The largest absolute Gasteiger partial charge is 0.465 e. The fraction of sp³-hybridized carbons (Fsp3) is 0.500. The van der Waals surface area contributed by atoms with Gasteiger partial charge in [0.2, 0.25) is 0 Å². The number of amides is 1. The van der Waals surface area contributed by atoms with E-state index in [0.717, 1.165) is 36.9 Å². The summed E-state index contributed by atoms with van der Waals surface area (Å²) in [5, 5.41) is 18.0. The molecule has 0 bridgehead atoms. The number of fused-ring (bicyclic) bond motifs is 1. The molecule has 7 nitrogen and oxygen atoms in total. The monoisotopic (exact) mass is 288 g/mol. The minimum absolute atomic E-state index is 0.0975. The Kier molecular flexibility index (Phi) is 2.42. The maximum Gasteiger partial charge on any atom is 0.404 e. The lowest BCUT2D eigenvalue weighted by molar-refractivity contribution is -0.0198. The van der Waals surface area contributed by atoms with Gasteiger partial charge < -0.3 is 10.4 Å². The normalized spacial score (nSPS) is 30.9. The average molecular weight is 288 g/mol. The Morgan fingerprint density at radius 2 is 2.19 bits per heavy atom. The molecule has 2 aromatic rings. The van der Waals surface area contributed by atoms with Gasteiger partial charge in [0.1, 0.15) is 0 Å². The number of carboxylic acid groups (broad SMARTS) is 1. The van der Waals surface area contributed by atoms with Crippen molar-refractivity contribution in [2.24, 2.45) is 5.41 Å². The van der Waals surface area contributed by atoms with Crippen LogP contribution in [0.25, 0.3) is 5.52 Å². The number of nitrogens with zero attached hydrogens (tertiary/aromatic N) is 2. The van der Waals surface area contributed by atoms with Gasteiger partial charge in [0, 0.05) is 18.2 Å². The summed E-state index contributed by atoms with van der Waals surface area (Å²) in [6.45, 7) is 0. The van der Waals surface area contributed by atoms with Crippen molar-refractivity contribution in [3.63, 3.8) is 0 Å².